The van der Waals surface area contributed by atoms with E-state index in [0.717, 1.165) is 13.0 Å². The molecule has 0 aliphatic carbocycles. The molecule has 0 spiro atoms. The zero-order valence-electron chi connectivity index (χ0n) is 8.42. The predicted molar refractivity (Wildman–Crippen MR) is 53.4 cm³/mol. The second kappa shape index (κ2) is 5.95. The van der Waals surface area contributed by atoms with Crippen LogP contribution in [0.2, 0.25) is 0 Å². The lowest BCUT2D eigenvalue weighted by atomic mass is 10.1. The quantitative estimate of drug-likeness (QED) is 0.702. The second-order valence-electron chi connectivity index (χ2n) is 3.66. The summed E-state index contributed by atoms with van der Waals surface area (Å²) < 4.78 is 0. The minimum Gasteiger partial charge on any atom is -0.305 e. The molecule has 0 saturated carbocycles. The lowest BCUT2D eigenvalue weighted by Crippen LogP contribution is -2.34. The molecule has 13 heavy (non-hydrogen) atoms. The smallest absolute Gasteiger partial charge is 0.0962 e. The van der Waals surface area contributed by atoms with Crippen LogP contribution in [0.1, 0.15) is 25.7 Å². The third-order valence-corrected chi connectivity index (χ3v) is 2.69. The van der Waals surface area contributed by atoms with Gasteiger partial charge in [0, 0.05) is 6.54 Å². The SMILES string of the molecule is CNC(C#N)CCN1CCCCC1. The second-order valence-corrected chi connectivity index (χ2v) is 3.66. The van der Waals surface area contributed by atoms with E-state index in [2.05, 4.69) is 16.3 Å². The van der Waals surface area contributed by atoms with Crippen LogP contribution in [0.25, 0.3) is 0 Å². The van der Waals surface area contributed by atoms with Crippen LogP contribution >= 0.6 is 0 Å². The largest absolute Gasteiger partial charge is 0.305 e. The van der Waals surface area contributed by atoms with Gasteiger partial charge in [-0.25, -0.2) is 0 Å². The van der Waals surface area contributed by atoms with E-state index in [1.54, 1.807) is 0 Å². The van der Waals surface area contributed by atoms with E-state index < -0.39 is 0 Å². The molecule has 3 heteroatoms. The molecule has 1 heterocycles. The van der Waals surface area contributed by atoms with Crippen LogP contribution in [0, 0.1) is 11.3 Å². The van der Waals surface area contributed by atoms with Gasteiger partial charge < -0.3 is 10.2 Å². The molecule has 0 aromatic carbocycles. The standard InChI is InChI=1S/C10H19N3/c1-12-10(9-11)5-8-13-6-3-2-4-7-13/h10,12H,2-8H2,1H3. The third-order valence-electron chi connectivity index (χ3n) is 2.69. The van der Waals surface area contributed by atoms with E-state index in [9.17, 15) is 0 Å². The van der Waals surface area contributed by atoms with Crippen LogP contribution in [-0.2, 0) is 0 Å². The summed E-state index contributed by atoms with van der Waals surface area (Å²) in [6.07, 6.45) is 4.99. The van der Waals surface area contributed by atoms with Crippen LogP contribution in [0.5, 0.6) is 0 Å². The number of nitriles is 1. The molecule has 1 N–H and O–H groups in total. The first-order valence-corrected chi connectivity index (χ1v) is 5.16. The first-order valence-electron chi connectivity index (χ1n) is 5.16. The maximum absolute atomic E-state index is 8.72. The van der Waals surface area contributed by atoms with Crippen molar-refractivity contribution >= 4 is 0 Å². The maximum Gasteiger partial charge on any atom is 0.0962 e. The minimum absolute atomic E-state index is 0.0296. The van der Waals surface area contributed by atoms with E-state index in [0.29, 0.717) is 0 Å². The molecule has 1 atom stereocenters. The van der Waals surface area contributed by atoms with Crippen molar-refractivity contribution in [2.45, 2.75) is 31.7 Å². The summed E-state index contributed by atoms with van der Waals surface area (Å²) in [6.45, 7) is 3.52. The summed E-state index contributed by atoms with van der Waals surface area (Å²) in [5.74, 6) is 0. The van der Waals surface area contributed by atoms with Gasteiger partial charge in [0.25, 0.3) is 0 Å². The fourth-order valence-electron chi connectivity index (χ4n) is 1.77. The van der Waals surface area contributed by atoms with Gasteiger partial charge >= 0.3 is 0 Å². The Morgan fingerprint density at radius 1 is 1.38 bits per heavy atom. The highest BCUT2D eigenvalue weighted by Crippen LogP contribution is 2.09. The van der Waals surface area contributed by atoms with Crippen molar-refractivity contribution in [2.75, 3.05) is 26.7 Å². The summed E-state index contributed by atoms with van der Waals surface area (Å²) in [5, 5.41) is 11.7. The zero-order valence-corrected chi connectivity index (χ0v) is 8.42. The molecule has 1 aliphatic heterocycles. The van der Waals surface area contributed by atoms with Crippen molar-refractivity contribution in [1.82, 2.24) is 10.2 Å². The third kappa shape index (κ3) is 3.75. The van der Waals surface area contributed by atoms with Gasteiger partial charge in [-0.3, -0.25) is 0 Å². The Labute approximate surface area is 80.7 Å². The number of likely N-dealkylation sites (tertiary alicyclic amines) is 1. The fourth-order valence-corrected chi connectivity index (χ4v) is 1.77. The summed E-state index contributed by atoms with van der Waals surface area (Å²) in [4.78, 5) is 2.46. The lowest BCUT2D eigenvalue weighted by Gasteiger charge is -2.26. The fraction of sp³-hybridized carbons (Fsp3) is 0.900. The number of hydrogen-bond acceptors (Lipinski definition) is 3. The Morgan fingerprint density at radius 2 is 2.08 bits per heavy atom. The van der Waals surface area contributed by atoms with E-state index in [1.807, 2.05) is 7.05 Å². The molecule has 0 aromatic heterocycles. The average Bonchev–Trinajstić information content (AvgIpc) is 2.21. The average molecular weight is 181 g/mol. The Balaban J connectivity index is 2.13. The van der Waals surface area contributed by atoms with E-state index in [1.165, 1.54) is 32.4 Å². The van der Waals surface area contributed by atoms with E-state index in [4.69, 9.17) is 5.26 Å². The summed E-state index contributed by atoms with van der Waals surface area (Å²) >= 11 is 0. The van der Waals surface area contributed by atoms with Gasteiger partial charge in [0.05, 0.1) is 12.1 Å². The van der Waals surface area contributed by atoms with Crippen LogP contribution < -0.4 is 5.32 Å². The van der Waals surface area contributed by atoms with Crippen molar-refractivity contribution in [3.8, 4) is 6.07 Å². The number of rotatable bonds is 4. The Morgan fingerprint density at radius 3 is 2.62 bits per heavy atom. The molecular formula is C10H19N3. The molecule has 1 rings (SSSR count). The topological polar surface area (TPSA) is 39.1 Å². The molecule has 3 nitrogen and oxygen atoms in total. The molecule has 0 bridgehead atoms. The molecule has 0 aromatic rings. The van der Waals surface area contributed by atoms with Gasteiger partial charge in [-0.05, 0) is 39.4 Å². The lowest BCUT2D eigenvalue weighted by molar-refractivity contribution is 0.222. The predicted octanol–water partition coefficient (Wildman–Crippen LogP) is 0.974. The van der Waals surface area contributed by atoms with Crippen LogP contribution in [0.15, 0.2) is 0 Å². The summed E-state index contributed by atoms with van der Waals surface area (Å²) in [6, 6.07) is 2.28. The first kappa shape index (κ1) is 10.5. The highest BCUT2D eigenvalue weighted by molar-refractivity contribution is 4.89. The van der Waals surface area contributed by atoms with E-state index in [-0.39, 0.29) is 6.04 Å². The number of piperidine rings is 1. The van der Waals surface area contributed by atoms with E-state index >= 15 is 0 Å². The normalized spacial score (nSPS) is 20.9. The number of nitrogens with one attached hydrogen (secondary N) is 1. The Kier molecular flexibility index (Phi) is 4.81. The highest BCUT2D eigenvalue weighted by atomic mass is 15.1. The Hall–Kier alpha value is -0.590. The molecule has 0 radical (unpaired) electrons. The molecule has 0 amide bonds. The minimum atomic E-state index is 0.0296. The van der Waals surface area contributed by atoms with Gasteiger partial charge in [0.2, 0.25) is 0 Å². The van der Waals surface area contributed by atoms with Gasteiger partial charge in [0.15, 0.2) is 0 Å². The van der Waals surface area contributed by atoms with Crippen molar-refractivity contribution in [1.29, 1.82) is 5.26 Å². The van der Waals surface area contributed by atoms with Crippen molar-refractivity contribution in [3.63, 3.8) is 0 Å². The molecule has 1 unspecified atom stereocenters. The molecule has 1 saturated heterocycles. The van der Waals surface area contributed by atoms with Crippen molar-refractivity contribution in [2.24, 2.45) is 0 Å². The summed E-state index contributed by atoms with van der Waals surface area (Å²) in [7, 11) is 1.85. The van der Waals surface area contributed by atoms with Crippen molar-refractivity contribution in [3.05, 3.63) is 0 Å². The first-order chi connectivity index (χ1) is 6.36. The molecular weight excluding hydrogens is 162 g/mol. The van der Waals surface area contributed by atoms with Crippen molar-refractivity contribution < 1.29 is 0 Å². The van der Waals surface area contributed by atoms with Crippen LogP contribution in [-0.4, -0.2) is 37.6 Å². The molecule has 1 fully saturated rings. The molecule has 74 valence electrons. The highest BCUT2D eigenvalue weighted by Gasteiger charge is 2.11. The Bertz CT molecular complexity index is 167. The van der Waals surface area contributed by atoms with Gasteiger partial charge in [0.1, 0.15) is 0 Å². The zero-order chi connectivity index (χ0) is 9.52. The van der Waals surface area contributed by atoms with Gasteiger partial charge in [-0.1, -0.05) is 6.42 Å². The molecule has 1 aliphatic rings. The summed E-state index contributed by atoms with van der Waals surface area (Å²) in [5.41, 5.74) is 0. The van der Waals surface area contributed by atoms with Crippen LogP contribution in [0.3, 0.4) is 0 Å². The monoisotopic (exact) mass is 181 g/mol. The number of nitrogens with zero attached hydrogens (tertiary/aromatic N) is 2. The van der Waals surface area contributed by atoms with Crippen LogP contribution in [0.4, 0.5) is 0 Å². The van der Waals surface area contributed by atoms with Gasteiger partial charge in [-0.2, -0.15) is 5.26 Å². The number of hydrogen-bond donors (Lipinski definition) is 1. The maximum atomic E-state index is 8.72. The van der Waals surface area contributed by atoms with Gasteiger partial charge in [-0.15, -0.1) is 0 Å².